The number of thiazole rings is 1. The summed E-state index contributed by atoms with van der Waals surface area (Å²) in [5.41, 5.74) is -2.19. The molecule has 33 heavy (non-hydrogen) atoms. The van der Waals surface area contributed by atoms with Crippen LogP contribution in [0.2, 0.25) is 0 Å². The molecule has 1 saturated carbocycles. The number of likely N-dealkylation sites (tertiary alicyclic amines) is 1. The van der Waals surface area contributed by atoms with Gasteiger partial charge in [0.05, 0.1) is 12.3 Å². The summed E-state index contributed by atoms with van der Waals surface area (Å²) >= 11 is 0.900. The maximum absolute atomic E-state index is 14.5. The lowest BCUT2D eigenvalue weighted by molar-refractivity contribution is -0.137. The summed E-state index contributed by atoms with van der Waals surface area (Å²) in [6, 6.07) is 4.83. The van der Waals surface area contributed by atoms with Crippen LogP contribution in [0.25, 0.3) is 11.3 Å². The third-order valence-electron chi connectivity index (χ3n) is 6.24. The van der Waals surface area contributed by atoms with Crippen LogP contribution >= 0.6 is 11.3 Å². The van der Waals surface area contributed by atoms with Gasteiger partial charge in [-0.1, -0.05) is 11.8 Å². The van der Waals surface area contributed by atoms with Crippen LogP contribution < -0.4 is 4.74 Å². The molecule has 1 spiro atoms. The zero-order chi connectivity index (χ0) is 23.6. The molecule has 2 fully saturated rings. The first-order valence-corrected chi connectivity index (χ1v) is 11.3. The molecular formula is C23H20F2N2O5S. The molecule has 1 aliphatic carbocycles. The van der Waals surface area contributed by atoms with Gasteiger partial charge in [-0.25, -0.2) is 18.6 Å². The second kappa shape index (κ2) is 7.23. The van der Waals surface area contributed by atoms with Crippen molar-refractivity contribution >= 4 is 23.2 Å². The van der Waals surface area contributed by atoms with Crippen molar-refractivity contribution in [2.24, 2.45) is 0 Å². The van der Waals surface area contributed by atoms with Gasteiger partial charge in [0.15, 0.2) is 0 Å². The minimum absolute atomic E-state index is 0.00200. The molecule has 1 saturated heterocycles. The number of benzene rings is 1. The van der Waals surface area contributed by atoms with Gasteiger partial charge in [-0.15, -0.1) is 11.3 Å². The van der Waals surface area contributed by atoms with Gasteiger partial charge >= 0.3 is 5.97 Å². The molecule has 1 aromatic carbocycles. The van der Waals surface area contributed by atoms with E-state index < -0.39 is 28.8 Å². The van der Waals surface area contributed by atoms with Crippen LogP contribution in [-0.2, 0) is 14.9 Å². The van der Waals surface area contributed by atoms with E-state index in [9.17, 15) is 23.5 Å². The summed E-state index contributed by atoms with van der Waals surface area (Å²) in [5.74, 6) is 1.70. The minimum atomic E-state index is -2.97. The molecule has 3 aliphatic rings. The molecule has 1 amide bonds. The molecule has 10 heteroatoms. The Morgan fingerprint density at radius 1 is 1.42 bits per heavy atom. The predicted molar refractivity (Wildman–Crippen MR) is 114 cm³/mol. The van der Waals surface area contributed by atoms with Crippen LogP contribution in [0.15, 0.2) is 18.2 Å². The highest BCUT2D eigenvalue weighted by Gasteiger charge is 2.74. The van der Waals surface area contributed by atoms with Crippen molar-refractivity contribution in [3.63, 3.8) is 0 Å². The smallest absolute Gasteiger partial charge is 0.367 e. The van der Waals surface area contributed by atoms with E-state index in [1.807, 2.05) is 0 Å². The van der Waals surface area contributed by atoms with Gasteiger partial charge in [0.2, 0.25) is 10.6 Å². The molecule has 1 unspecified atom stereocenters. The number of aromatic nitrogens is 1. The first-order valence-electron chi connectivity index (χ1n) is 10.4. The summed E-state index contributed by atoms with van der Waals surface area (Å²) < 4.78 is 39.8. The minimum Gasteiger partial charge on any atom is -0.492 e. The summed E-state index contributed by atoms with van der Waals surface area (Å²) in [5, 5.41) is 10.5. The Morgan fingerprint density at radius 2 is 2.18 bits per heavy atom. The fourth-order valence-electron chi connectivity index (χ4n) is 4.18. The maximum Gasteiger partial charge on any atom is 0.367 e. The Labute approximate surface area is 192 Å². The number of carbonyl (C=O) groups is 2. The lowest BCUT2D eigenvalue weighted by atomic mass is 9.99. The largest absolute Gasteiger partial charge is 0.492 e. The van der Waals surface area contributed by atoms with E-state index in [2.05, 4.69) is 16.8 Å². The van der Waals surface area contributed by atoms with E-state index in [4.69, 9.17) is 9.47 Å². The highest BCUT2D eigenvalue weighted by molar-refractivity contribution is 7.14. The first-order chi connectivity index (χ1) is 15.6. The molecule has 2 aliphatic heterocycles. The number of hydrogen-bond donors (Lipinski definition) is 1. The summed E-state index contributed by atoms with van der Waals surface area (Å²) in [7, 11) is 1.59. The fourth-order valence-corrected chi connectivity index (χ4v) is 5.38. The predicted octanol–water partition coefficient (Wildman–Crippen LogP) is 2.60. The SMILES string of the molecule is CCOC(=O)c1nc2c(s1)C1(COc3ccc(C#C[C@]4(O)CCN(C)C4=O)cc3-2)CC1(F)F. The van der Waals surface area contributed by atoms with Crippen molar-refractivity contribution in [1.82, 2.24) is 9.88 Å². The summed E-state index contributed by atoms with van der Waals surface area (Å²) in [6.45, 7) is 1.95. The fraction of sp³-hybridized carbons (Fsp3) is 0.435. The molecule has 2 aromatic rings. The van der Waals surface area contributed by atoms with Crippen LogP contribution in [0, 0.1) is 11.8 Å². The molecule has 5 rings (SSSR count). The highest BCUT2D eigenvalue weighted by atomic mass is 32.1. The number of carbonyl (C=O) groups excluding carboxylic acids is 2. The maximum atomic E-state index is 14.5. The average Bonchev–Trinajstić information content (AvgIpc) is 3.05. The summed E-state index contributed by atoms with van der Waals surface area (Å²) in [4.78, 5) is 30.5. The monoisotopic (exact) mass is 474 g/mol. The normalized spacial score (nSPS) is 26.6. The molecule has 172 valence electrons. The average molecular weight is 474 g/mol. The van der Waals surface area contributed by atoms with Gasteiger partial charge in [-0.2, -0.15) is 0 Å². The Bertz CT molecular complexity index is 1250. The van der Waals surface area contributed by atoms with E-state index in [1.165, 1.54) is 4.90 Å². The second-order valence-corrected chi connectivity index (χ2v) is 9.47. The lowest BCUT2D eigenvalue weighted by Gasteiger charge is -2.13. The number of rotatable bonds is 2. The van der Waals surface area contributed by atoms with Gasteiger partial charge < -0.3 is 19.5 Å². The number of likely N-dealkylation sites (N-methyl/N-ethyl adjacent to an activating group) is 1. The number of ether oxygens (including phenoxy) is 2. The van der Waals surface area contributed by atoms with Gasteiger partial charge in [0.1, 0.15) is 17.8 Å². The number of fused-ring (bicyclic) bond motifs is 4. The number of alkyl halides is 2. The van der Waals surface area contributed by atoms with E-state index in [0.717, 1.165) is 11.3 Å². The van der Waals surface area contributed by atoms with Gasteiger partial charge in [0.25, 0.3) is 11.8 Å². The molecule has 7 nitrogen and oxygen atoms in total. The third-order valence-corrected chi connectivity index (χ3v) is 7.48. The zero-order valence-corrected chi connectivity index (χ0v) is 18.7. The topological polar surface area (TPSA) is 89.0 Å². The van der Waals surface area contributed by atoms with E-state index in [1.54, 1.807) is 32.2 Å². The van der Waals surface area contributed by atoms with E-state index in [-0.39, 0.29) is 41.6 Å². The van der Waals surface area contributed by atoms with Gasteiger partial charge in [-0.05, 0) is 25.1 Å². The van der Waals surface area contributed by atoms with Crippen LogP contribution in [0.3, 0.4) is 0 Å². The third kappa shape index (κ3) is 3.30. The number of aliphatic hydroxyl groups is 1. The molecule has 1 aromatic heterocycles. The van der Waals surface area contributed by atoms with Crippen LogP contribution in [0.4, 0.5) is 8.78 Å². The molecule has 3 heterocycles. The van der Waals surface area contributed by atoms with Crippen molar-refractivity contribution in [1.29, 1.82) is 0 Å². The number of halogens is 2. The molecule has 0 bridgehead atoms. The Balaban J connectivity index is 1.59. The second-order valence-electron chi connectivity index (χ2n) is 8.47. The molecule has 1 N–H and O–H groups in total. The lowest BCUT2D eigenvalue weighted by Crippen LogP contribution is -2.37. The Kier molecular flexibility index (Phi) is 4.78. The van der Waals surface area contributed by atoms with Crippen molar-refractivity contribution in [2.75, 3.05) is 26.8 Å². The highest BCUT2D eigenvalue weighted by Crippen LogP contribution is 2.65. The Morgan fingerprint density at radius 3 is 2.82 bits per heavy atom. The van der Waals surface area contributed by atoms with Crippen molar-refractivity contribution in [2.45, 2.75) is 36.7 Å². The summed E-state index contributed by atoms with van der Waals surface area (Å²) in [6.07, 6.45) is -0.194. The number of esters is 1. The van der Waals surface area contributed by atoms with E-state index >= 15 is 0 Å². The van der Waals surface area contributed by atoms with Crippen LogP contribution in [0.5, 0.6) is 5.75 Å². The van der Waals surface area contributed by atoms with Gasteiger partial charge in [-0.3, -0.25) is 4.79 Å². The standard InChI is InChI=1S/C23H20F2N2O5S/c1-3-31-19(28)18-26-16-14-10-13(6-7-22(30)8-9-27(2)20(22)29)4-5-15(14)32-12-21(17(16)33-18)11-23(21,24)25/h4-5,10,30H,3,8-9,11-12H2,1-2H3/t21?,22-/m0/s1. The van der Waals surface area contributed by atoms with Crippen molar-refractivity contribution in [3.8, 4) is 28.8 Å². The van der Waals surface area contributed by atoms with Crippen LogP contribution in [0.1, 0.15) is 40.0 Å². The van der Waals surface area contributed by atoms with Crippen LogP contribution in [-0.4, -0.2) is 65.2 Å². The first kappa shape index (κ1) is 21.8. The molecular weight excluding hydrogens is 454 g/mol. The Hall–Kier alpha value is -3.03. The molecule has 0 radical (unpaired) electrons. The van der Waals surface area contributed by atoms with Gasteiger partial charge in [0, 0.05) is 42.4 Å². The van der Waals surface area contributed by atoms with E-state index in [0.29, 0.717) is 23.4 Å². The zero-order valence-electron chi connectivity index (χ0n) is 17.9. The number of hydrogen-bond acceptors (Lipinski definition) is 7. The van der Waals surface area contributed by atoms with Crippen molar-refractivity contribution < 1.29 is 33.0 Å². The number of nitrogens with zero attached hydrogens (tertiary/aromatic N) is 2. The molecule has 2 atom stereocenters. The number of amides is 1. The van der Waals surface area contributed by atoms with Crippen molar-refractivity contribution in [3.05, 3.63) is 33.6 Å². The quantitative estimate of drug-likeness (QED) is 0.532.